The van der Waals surface area contributed by atoms with Crippen LogP contribution < -0.4 is 15.4 Å². The topological polar surface area (TPSA) is 119 Å². The Morgan fingerprint density at radius 3 is 2.61 bits per heavy atom. The Balaban J connectivity index is 1.25. The molecule has 1 amide bonds. The summed E-state index contributed by atoms with van der Waals surface area (Å²) in [5, 5.41) is 9.01. The third kappa shape index (κ3) is 4.26. The lowest BCUT2D eigenvalue weighted by Crippen LogP contribution is -2.40. The summed E-state index contributed by atoms with van der Waals surface area (Å²) in [6, 6.07) is 8.32. The second kappa shape index (κ2) is 8.65. The number of ether oxygens (including phenoxy) is 1. The van der Waals surface area contributed by atoms with Gasteiger partial charge in [-0.05, 0) is 79.9 Å². The summed E-state index contributed by atoms with van der Waals surface area (Å²) in [5.74, 6) is 0.343. The number of hydrogen-bond acceptors (Lipinski definition) is 6. The van der Waals surface area contributed by atoms with Crippen LogP contribution in [0.15, 0.2) is 30.6 Å². The molecule has 1 aliphatic heterocycles. The van der Waals surface area contributed by atoms with Crippen LogP contribution in [-0.2, 0) is 4.79 Å². The van der Waals surface area contributed by atoms with E-state index in [0.717, 1.165) is 31.4 Å². The van der Waals surface area contributed by atoms with Crippen molar-refractivity contribution in [3.8, 4) is 5.88 Å². The van der Waals surface area contributed by atoms with Crippen molar-refractivity contribution >= 4 is 23.4 Å². The first kappa shape index (κ1) is 21.7. The van der Waals surface area contributed by atoms with Crippen molar-refractivity contribution in [3.63, 3.8) is 0 Å². The van der Waals surface area contributed by atoms with Crippen molar-refractivity contribution in [2.75, 3.05) is 23.8 Å². The highest BCUT2D eigenvalue weighted by atomic mass is 16.5. The van der Waals surface area contributed by atoms with Crippen molar-refractivity contribution in [1.82, 2.24) is 9.97 Å². The van der Waals surface area contributed by atoms with E-state index in [1.807, 2.05) is 12.1 Å². The van der Waals surface area contributed by atoms with Crippen LogP contribution >= 0.6 is 0 Å². The molecule has 33 heavy (non-hydrogen) atoms. The van der Waals surface area contributed by atoms with Gasteiger partial charge in [-0.15, -0.1) is 0 Å². The number of hydrogen-bond donors (Lipinski definition) is 2. The van der Waals surface area contributed by atoms with Crippen LogP contribution in [0.3, 0.4) is 0 Å². The van der Waals surface area contributed by atoms with E-state index in [1.54, 1.807) is 4.90 Å². The van der Waals surface area contributed by atoms with Crippen molar-refractivity contribution in [1.29, 1.82) is 0 Å². The number of carbonyl (C=O) groups is 2. The van der Waals surface area contributed by atoms with E-state index in [9.17, 15) is 9.59 Å². The van der Waals surface area contributed by atoms with Crippen LogP contribution in [0.2, 0.25) is 0 Å². The quantitative estimate of drug-likeness (QED) is 0.722. The standard InChI is InChI=1S/C25H30N4O4/c26-22-21-23(28-15-27-22)33-11-1-10-29(24(21)32)19-4-2-17(3-5-19)18-6-8-25(9-7-18)13-16(14-25)12-20(30)31/h2-5,15-16,18H,1,6-14H2,(H,30,31)(H2,26,27,28). The van der Waals surface area contributed by atoms with Crippen molar-refractivity contribution in [2.45, 2.75) is 57.3 Å². The highest BCUT2D eigenvalue weighted by molar-refractivity contribution is 6.10. The summed E-state index contributed by atoms with van der Waals surface area (Å²) in [5.41, 5.74) is 8.72. The summed E-state index contributed by atoms with van der Waals surface area (Å²) in [7, 11) is 0. The molecule has 8 nitrogen and oxygen atoms in total. The minimum atomic E-state index is -0.673. The van der Waals surface area contributed by atoms with E-state index in [1.165, 1.54) is 24.7 Å². The van der Waals surface area contributed by atoms with E-state index in [4.69, 9.17) is 15.6 Å². The zero-order valence-corrected chi connectivity index (χ0v) is 18.7. The number of benzene rings is 1. The molecule has 0 bridgehead atoms. The molecular weight excluding hydrogens is 420 g/mol. The monoisotopic (exact) mass is 450 g/mol. The van der Waals surface area contributed by atoms with Gasteiger partial charge >= 0.3 is 5.97 Å². The maximum absolute atomic E-state index is 13.3. The first-order valence-electron chi connectivity index (χ1n) is 11.8. The van der Waals surface area contributed by atoms with Gasteiger partial charge in [0.25, 0.3) is 5.91 Å². The van der Waals surface area contributed by atoms with E-state index in [2.05, 4.69) is 22.1 Å². The smallest absolute Gasteiger partial charge is 0.303 e. The van der Waals surface area contributed by atoms with Gasteiger partial charge in [-0.1, -0.05) is 12.1 Å². The molecule has 0 radical (unpaired) electrons. The molecule has 174 valence electrons. The van der Waals surface area contributed by atoms with Gasteiger partial charge < -0.3 is 20.5 Å². The fourth-order valence-corrected chi connectivity index (χ4v) is 6.02. The first-order valence-corrected chi connectivity index (χ1v) is 11.8. The van der Waals surface area contributed by atoms with Gasteiger partial charge in [0, 0.05) is 18.7 Å². The molecule has 2 aromatic rings. The van der Waals surface area contributed by atoms with Crippen LogP contribution in [0.4, 0.5) is 11.5 Å². The fourth-order valence-electron chi connectivity index (χ4n) is 6.02. The van der Waals surface area contributed by atoms with E-state index in [-0.39, 0.29) is 23.2 Å². The molecule has 2 heterocycles. The van der Waals surface area contributed by atoms with Crippen molar-refractivity contribution in [3.05, 3.63) is 41.7 Å². The number of carboxylic acid groups (broad SMARTS) is 1. The molecule has 0 unspecified atom stereocenters. The summed E-state index contributed by atoms with van der Waals surface area (Å²) >= 11 is 0. The van der Waals surface area contributed by atoms with E-state index < -0.39 is 5.97 Å². The van der Waals surface area contributed by atoms with Gasteiger partial charge in [0.15, 0.2) is 0 Å². The third-order valence-corrected chi connectivity index (χ3v) is 7.69. The normalized spacial score (nSPS) is 27.2. The SMILES string of the molecule is Nc1ncnc2c1C(=O)N(c1ccc(C3CCC4(CC3)CC(CC(=O)O)C4)cc1)CCCO2. The molecule has 1 aromatic carbocycles. The molecule has 3 aliphatic rings. The molecule has 2 fully saturated rings. The summed E-state index contributed by atoms with van der Waals surface area (Å²) < 4.78 is 5.61. The number of carboxylic acids is 1. The van der Waals surface area contributed by atoms with Crippen LogP contribution in [0.25, 0.3) is 0 Å². The summed E-state index contributed by atoms with van der Waals surface area (Å²) in [6.45, 7) is 0.998. The predicted octanol–water partition coefficient (Wildman–Crippen LogP) is 4.02. The van der Waals surface area contributed by atoms with Crippen LogP contribution in [-0.4, -0.2) is 40.1 Å². The lowest BCUT2D eigenvalue weighted by Gasteiger charge is -2.51. The minimum absolute atomic E-state index is 0.131. The Kier molecular flexibility index (Phi) is 5.68. The number of aliphatic carboxylic acids is 1. The second-order valence-corrected chi connectivity index (χ2v) is 9.84. The minimum Gasteiger partial charge on any atom is -0.481 e. The van der Waals surface area contributed by atoms with Gasteiger partial charge in [0.1, 0.15) is 17.7 Å². The van der Waals surface area contributed by atoms with Crippen molar-refractivity contribution < 1.29 is 19.4 Å². The molecule has 0 atom stereocenters. The predicted molar refractivity (Wildman–Crippen MR) is 123 cm³/mol. The lowest BCUT2D eigenvalue weighted by molar-refractivity contribution is -0.140. The van der Waals surface area contributed by atoms with Crippen LogP contribution in [0.1, 0.15) is 73.2 Å². The molecule has 8 heteroatoms. The number of anilines is 2. The maximum Gasteiger partial charge on any atom is 0.303 e. The lowest BCUT2D eigenvalue weighted by atomic mass is 9.53. The van der Waals surface area contributed by atoms with Gasteiger partial charge in [-0.3, -0.25) is 9.59 Å². The maximum atomic E-state index is 13.3. The highest BCUT2D eigenvalue weighted by Crippen LogP contribution is 2.57. The number of nitrogens with two attached hydrogens (primary N) is 1. The van der Waals surface area contributed by atoms with Gasteiger partial charge in [-0.2, -0.15) is 0 Å². The molecule has 2 saturated carbocycles. The number of fused-ring (bicyclic) bond motifs is 1. The number of carbonyl (C=O) groups excluding carboxylic acids is 1. The zero-order chi connectivity index (χ0) is 23.0. The Labute approximate surface area is 193 Å². The second-order valence-electron chi connectivity index (χ2n) is 9.84. The number of rotatable bonds is 4. The van der Waals surface area contributed by atoms with Crippen LogP contribution in [0, 0.1) is 11.3 Å². The summed E-state index contributed by atoms with van der Waals surface area (Å²) in [4.78, 5) is 34.0. The largest absolute Gasteiger partial charge is 0.481 e. The average molecular weight is 451 g/mol. The Morgan fingerprint density at radius 1 is 1.18 bits per heavy atom. The van der Waals surface area contributed by atoms with Gasteiger partial charge in [0.2, 0.25) is 5.88 Å². The third-order valence-electron chi connectivity index (χ3n) is 7.69. The fraction of sp³-hybridized carbons (Fsp3) is 0.520. The molecule has 3 N–H and O–H groups in total. The average Bonchev–Trinajstić information content (AvgIpc) is 2.77. The highest BCUT2D eigenvalue weighted by Gasteiger charge is 2.46. The molecular formula is C25H30N4O4. The number of nitrogens with zero attached hydrogens (tertiary/aromatic N) is 3. The molecule has 2 aliphatic carbocycles. The number of nitrogen functional groups attached to an aromatic ring is 1. The Bertz CT molecular complexity index is 1040. The summed E-state index contributed by atoms with van der Waals surface area (Å²) in [6.07, 6.45) is 9.10. The number of amides is 1. The van der Waals surface area contributed by atoms with Crippen LogP contribution in [0.5, 0.6) is 5.88 Å². The molecule has 1 aromatic heterocycles. The Morgan fingerprint density at radius 2 is 1.91 bits per heavy atom. The number of aromatic nitrogens is 2. The van der Waals surface area contributed by atoms with Gasteiger partial charge in [-0.25, -0.2) is 9.97 Å². The van der Waals surface area contributed by atoms with E-state index in [0.29, 0.717) is 43.2 Å². The van der Waals surface area contributed by atoms with E-state index >= 15 is 0 Å². The molecule has 0 saturated heterocycles. The molecule has 1 spiro atoms. The van der Waals surface area contributed by atoms with Gasteiger partial charge in [0.05, 0.1) is 6.61 Å². The first-order chi connectivity index (χ1) is 15.9. The van der Waals surface area contributed by atoms with Crippen molar-refractivity contribution in [2.24, 2.45) is 11.3 Å². The molecule has 5 rings (SSSR count). The zero-order valence-electron chi connectivity index (χ0n) is 18.7. The Hall–Kier alpha value is -3.16.